The first-order valence-electron chi connectivity index (χ1n) is 15.3. The smallest absolute Gasteiger partial charge is 0.164 e. The summed E-state index contributed by atoms with van der Waals surface area (Å²) in [7, 11) is 0. The zero-order chi connectivity index (χ0) is 30.2. The van der Waals surface area contributed by atoms with Crippen molar-refractivity contribution in [1.29, 1.82) is 0 Å². The second-order valence-electron chi connectivity index (χ2n) is 11.6. The molecular formula is C41H23N3OS. The highest BCUT2D eigenvalue weighted by Gasteiger charge is 2.19. The first-order valence-corrected chi connectivity index (χ1v) is 16.1. The van der Waals surface area contributed by atoms with Crippen molar-refractivity contribution in [3.8, 4) is 34.2 Å². The molecule has 0 unspecified atom stereocenters. The van der Waals surface area contributed by atoms with Crippen molar-refractivity contribution in [3.05, 3.63) is 140 Å². The summed E-state index contributed by atoms with van der Waals surface area (Å²) >= 11 is 1.80. The molecule has 0 spiro atoms. The maximum absolute atomic E-state index is 6.22. The van der Waals surface area contributed by atoms with Gasteiger partial charge < -0.3 is 4.42 Å². The Hall–Kier alpha value is -5.91. The van der Waals surface area contributed by atoms with E-state index < -0.39 is 0 Å². The van der Waals surface area contributed by atoms with Gasteiger partial charge in [0.05, 0.1) is 0 Å². The van der Waals surface area contributed by atoms with Crippen molar-refractivity contribution in [2.45, 2.75) is 0 Å². The van der Waals surface area contributed by atoms with Crippen LogP contribution >= 0.6 is 11.3 Å². The molecule has 0 fully saturated rings. The molecule has 214 valence electrons. The van der Waals surface area contributed by atoms with Gasteiger partial charge in [0.1, 0.15) is 11.2 Å². The number of nitrogens with zero attached hydrogens (tertiary/aromatic N) is 3. The maximum Gasteiger partial charge on any atom is 0.164 e. The number of rotatable bonds is 3. The van der Waals surface area contributed by atoms with E-state index in [0.29, 0.717) is 17.5 Å². The van der Waals surface area contributed by atoms with Crippen molar-refractivity contribution in [2.75, 3.05) is 0 Å². The second-order valence-corrected chi connectivity index (χ2v) is 12.7. The molecular weight excluding hydrogens is 583 g/mol. The Balaban J connectivity index is 1.27. The average Bonchev–Trinajstić information content (AvgIpc) is 3.68. The van der Waals surface area contributed by atoms with Crippen LogP contribution in [-0.2, 0) is 0 Å². The largest absolute Gasteiger partial charge is 0.456 e. The van der Waals surface area contributed by atoms with E-state index in [0.717, 1.165) is 54.8 Å². The van der Waals surface area contributed by atoms with Gasteiger partial charge in [-0.2, -0.15) is 0 Å². The molecule has 0 amide bonds. The van der Waals surface area contributed by atoms with Gasteiger partial charge in [-0.05, 0) is 57.9 Å². The van der Waals surface area contributed by atoms with Gasteiger partial charge in [-0.15, -0.1) is 11.3 Å². The van der Waals surface area contributed by atoms with Gasteiger partial charge in [0.15, 0.2) is 17.5 Å². The molecule has 0 saturated carbocycles. The van der Waals surface area contributed by atoms with Crippen molar-refractivity contribution in [3.63, 3.8) is 0 Å². The Kier molecular flexibility index (Phi) is 5.41. The summed E-state index contributed by atoms with van der Waals surface area (Å²) in [4.78, 5) is 15.6. The molecule has 0 saturated heterocycles. The topological polar surface area (TPSA) is 51.8 Å². The average molecular weight is 606 g/mol. The van der Waals surface area contributed by atoms with E-state index in [2.05, 4.69) is 127 Å². The molecule has 0 radical (unpaired) electrons. The van der Waals surface area contributed by atoms with Gasteiger partial charge in [0.25, 0.3) is 0 Å². The van der Waals surface area contributed by atoms with Crippen molar-refractivity contribution < 1.29 is 4.42 Å². The highest BCUT2D eigenvalue weighted by Crippen LogP contribution is 2.41. The number of benzene rings is 7. The quantitative estimate of drug-likeness (QED) is 0.201. The summed E-state index contributed by atoms with van der Waals surface area (Å²) in [6.45, 7) is 0. The van der Waals surface area contributed by atoms with E-state index in [1.165, 1.54) is 25.6 Å². The fourth-order valence-corrected chi connectivity index (χ4v) is 7.86. The number of hydrogen-bond donors (Lipinski definition) is 0. The molecule has 10 rings (SSSR count). The van der Waals surface area contributed by atoms with Gasteiger partial charge in [0.2, 0.25) is 0 Å². The number of furan rings is 1. The van der Waals surface area contributed by atoms with Crippen LogP contribution in [-0.4, -0.2) is 15.0 Å². The highest BCUT2D eigenvalue weighted by atomic mass is 32.1. The fraction of sp³-hybridized carbons (Fsp3) is 0. The van der Waals surface area contributed by atoms with Gasteiger partial charge in [-0.3, -0.25) is 0 Å². The SMILES string of the molecule is c1ccc2cc(-c3nc(-c4cccc5cc6oc7ccccc7c6cc45)nc(-c4cccc5sc6ccccc6c45)n3)ccc2c1. The Bertz CT molecular complexity index is 2830. The Labute approximate surface area is 267 Å². The lowest BCUT2D eigenvalue weighted by Crippen LogP contribution is -2.01. The monoisotopic (exact) mass is 605 g/mol. The van der Waals surface area contributed by atoms with E-state index in [1.54, 1.807) is 11.3 Å². The predicted octanol–water partition coefficient (Wildman–Crippen LogP) is 11.4. The van der Waals surface area contributed by atoms with Crippen LogP contribution < -0.4 is 0 Å². The summed E-state index contributed by atoms with van der Waals surface area (Å²) in [6, 6.07) is 48.6. The van der Waals surface area contributed by atoms with Gasteiger partial charge in [-0.25, -0.2) is 15.0 Å². The van der Waals surface area contributed by atoms with Crippen molar-refractivity contribution in [2.24, 2.45) is 0 Å². The van der Waals surface area contributed by atoms with Crippen LogP contribution in [0.3, 0.4) is 0 Å². The molecule has 46 heavy (non-hydrogen) atoms. The zero-order valence-corrected chi connectivity index (χ0v) is 25.3. The summed E-state index contributed by atoms with van der Waals surface area (Å²) in [6.07, 6.45) is 0. The van der Waals surface area contributed by atoms with E-state index >= 15 is 0 Å². The number of thiophene rings is 1. The van der Waals surface area contributed by atoms with Crippen LogP contribution in [0.15, 0.2) is 144 Å². The predicted molar refractivity (Wildman–Crippen MR) is 191 cm³/mol. The Morgan fingerprint density at radius 1 is 0.413 bits per heavy atom. The highest BCUT2D eigenvalue weighted by molar-refractivity contribution is 7.25. The van der Waals surface area contributed by atoms with Crippen LogP contribution in [0.1, 0.15) is 0 Å². The summed E-state index contributed by atoms with van der Waals surface area (Å²) in [5.41, 5.74) is 4.66. The van der Waals surface area contributed by atoms with Gasteiger partial charge >= 0.3 is 0 Å². The molecule has 3 aromatic heterocycles. The van der Waals surface area contributed by atoms with Crippen LogP contribution in [0.5, 0.6) is 0 Å². The lowest BCUT2D eigenvalue weighted by Gasteiger charge is -2.12. The molecule has 7 aromatic carbocycles. The molecule has 0 aliphatic heterocycles. The summed E-state index contributed by atoms with van der Waals surface area (Å²) < 4.78 is 8.69. The third-order valence-corrected chi connectivity index (χ3v) is 10.0. The minimum Gasteiger partial charge on any atom is -0.456 e. The molecule has 0 atom stereocenters. The third kappa shape index (κ3) is 3.89. The lowest BCUT2D eigenvalue weighted by atomic mass is 10.0. The molecule has 0 bridgehead atoms. The Morgan fingerprint density at radius 3 is 2.04 bits per heavy atom. The van der Waals surface area contributed by atoms with Gasteiger partial charge in [0, 0.05) is 47.6 Å². The number of hydrogen-bond acceptors (Lipinski definition) is 5. The van der Waals surface area contributed by atoms with E-state index in [4.69, 9.17) is 19.4 Å². The summed E-state index contributed by atoms with van der Waals surface area (Å²) in [5, 5.41) is 9.04. The van der Waals surface area contributed by atoms with Gasteiger partial charge in [-0.1, -0.05) is 103 Å². The van der Waals surface area contributed by atoms with E-state index in [-0.39, 0.29) is 0 Å². The Morgan fingerprint density at radius 2 is 1.11 bits per heavy atom. The molecule has 5 heteroatoms. The fourth-order valence-electron chi connectivity index (χ4n) is 6.73. The normalized spacial score (nSPS) is 11.9. The van der Waals surface area contributed by atoms with Crippen molar-refractivity contribution >= 4 is 75.0 Å². The minimum atomic E-state index is 0.641. The molecule has 10 aromatic rings. The number of aromatic nitrogens is 3. The second kappa shape index (κ2) is 9.80. The molecule has 0 aliphatic carbocycles. The zero-order valence-electron chi connectivity index (χ0n) is 24.4. The first kappa shape index (κ1) is 25.4. The number of fused-ring (bicyclic) bond motifs is 8. The third-order valence-electron chi connectivity index (χ3n) is 8.91. The number of para-hydroxylation sites is 1. The molecule has 0 N–H and O–H groups in total. The van der Waals surface area contributed by atoms with Crippen molar-refractivity contribution in [1.82, 2.24) is 15.0 Å². The van der Waals surface area contributed by atoms with Crippen LogP contribution in [0.4, 0.5) is 0 Å². The van der Waals surface area contributed by atoms with Crippen LogP contribution in [0, 0.1) is 0 Å². The molecule has 3 heterocycles. The van der Waals surface area contributed by atoms with Crippen LogP contribution in [0.2, 0.25) is 0 Å². The van der Waals surface area contributed by atoms with E-state index in [9.17, 15) is 0 Å². The van der Waals surface area contributed by atoms with E-state index in [1.807, 2.05) is 12.1 Å². The first-order chi connectivity index (χ1) is 22.8. The maximum atomic E-state index is 6.22. The minimum absolute atomic E-state index is 0.641. The molecule has 4 nitrogen and oxygen atoms in total. The summed E-state index contributed by atoms with van der Waals surface area (Å²) in [5.74, 6) is 1.95. The lowest BCUT2D eigenvalue weighted by molar-refractivity contribution is 0.669. The molecule has 0 aliphatic rings. The van der Waals surface area contributed by atoms with Crippen LogP contribution in [0.25, 0.3) is 97.8 Å². The standard InChI is InChI=1S/C41H23N3OS/c1-2-10-25-21-27(20-19-24(25)9-1)39-42-40(44-41(43-39)31-15-8-18-37-38(31)30-13-4-6-17-36(30)46-37)29-14-7-11-26-22-35-33(23-32(26)29)28-12-3-5-16-34(28)45-35/h1-23H.